The molecule has 20 heavy (non-hydrogen) atoms. The fourth-order valence-corrected chi connectivity index (χ4v) is 2.17. The van der Waals surface area contributed by atoms with E-state index < -0.39 is 5.91 Å². The third-order valence-electron chi connectivity index (χ3n) is 2.67. The van der Waals surface area contributed by atoms with Gasteiger partial charge in [0.05, 0.1) is 16.8 Å². The SMILES string of the molecule is NNC(=O)c1ccccc1NC(=O)c1ccccc1Br. The van der Waals surface area contributed by atoms with E-state index in [4.69, 9.17) is 5.84 Å². The summed E-state index contributed by atoms with van der Waals surface area (Å²) in [5, 5.41) is 2.70. The fourth-order valence-electron chi connectivity index (χ4n) is 1.70. The van der Waals surface area contributed by atoms with Crippen molar-refractivity contribution in [3.8, 4) is 0 Å². The van der Waals surface area contributed by atoms with Crippen LogP contribution in [-0.4, -0.2) is 11.8 Å². The minimum Gasteiger partial charge on any atom is -0.321 e. The van der Waals surface area contributed by atoms with Gasteiger partial charge < -0.3 is 5.32 Å². The lowest BCUT2D eigenvalue weighted by Crippen LogP contribution is -2.31. The first-order chi connectivity index (χ1) is 9.63. The first kappa shape index (κ1) is 14.2. The van der Waals surface area contributed by atoms with Crippen LogP contribution in [0.15, 0.2) is 53.0 Å². The Labute approximate surface area is 124 Å². The van der Waals surface area contributed by atoms with E-state index in [1.54, 1.807) is 42.5 Å². The summed E-state index contributed by atoms with van der Waals surface area (Å²) in [4.78, 5) is 23.8. The highest BCUT2D eigenvalue weighted by Crippen LogP contribution is 2.20. The molecule has 0 fully saturated rings. The Morgan fingerprint density at radius 2 is 1.50 bits per heavy atom. The fraction of sp³-hybridized carbons (Fsp3) is 0. The highest BCUT2D eigenvalue weighted by molar-refractivity contribution is 9.10. The molecule has 5 nitrogen and oxygen atoms in total. The van der Waals surface area contributed by atoms with Crippen LogP contribution in [-0.2, 0) is 0 Å². The monoisotopic (exact) mass is 333 g/mol. The van der Waals surface area contributed by atoms with Crippen molar-refractivity contribution in [1.29, 1.82) is 0 Å². The van der Waals surface area contributed by atoms with E-state index in [1.807, 2.05) is 11.5 Å². The van der Waals surface area contributed by atoms with Crippen molar-refractivity contribution in [2.75, 3.05) is 5.32 Å². The van der Waals surface area contributed by atoms with Gasteiger partial charge in [-0.1, -0.05) is 24.3 Å². The Morgan fingerprint density at radius 3 is 2.15 bits per heavy atom. The number of nitrogen functional groups attached to an aromatic ring is 1. The summed E-state index contributed by atoms with van der Waals surface area (Å²) in [7, 11) is 0. The van der Waals surface area contributed by atoms with Gasteiger partial charge in [0.25, 0.3) is 11.8 Å². The van der Waals surface area contributed by atoms with Gasteiger partial charge in [-0.2, -0.15) is 0 Å². The molecule has 0 bridgehead atoms. The van der Waals surface area contributed by atoms with Crippen LogP contribution in [0.5, 0.6) is 0 Å². The van der Waals surface area contributed by atoms with Gasteiger partial charge in [0.2, 0.25) is 0 Å². The topological polar surface area (TPSA) is 84.2 Å². The number of para-hydroxylation sites is 1. The Morgan fingerprint density at radius 1 is 0.900 bits per heavy atom. The molecule has 0 spiro atoms. The summed E-state index contributed by atoms with van der Waals surface area (Å²) in [5.74, 6) is 4.34. The Bertz CT molecular complexity index is 658. The molecule has 0 aliphatic rings. The normalized spacial score (nSPS) is 9.90. The highest BCUT2D eigenvalue weighted by Gasteiger charge is 2.14. The molecule has 4 N–H and O–H groups in total. The summed E-state index contributed by atoms with van der Waals surface area (Å²) in [6.45, 7) is 0. The number of halogens is 1. The zero-order valence-electron chi connectivity index (χ0n) is 10.4. The zero-order valence-corrected chi connectivity index (χ0v) is 12.0. The van der Waals surface area contributed by atoms with E-state index in [-0.39, 0.29) is 5.91 Å². The lowest BCUT2D eigenvalue weighted by atomic mass is 10.1. The predicted octanol–water partition coefficient (Wildman–Crippen LogP) is 2.30. The number of hydrogen-bond donors (Lipinski definition) is 3. The molecule has 0 atom stereocenters. The lowest BCUT2D eigenvalue weighted by molar-refractivity contribution is 0.0954. The zero-order chi connectivity index (χ0) is 14.5. The average Bonchev–Trinajstić information content (AvgIpc) is 2.47. The van der Waals surface area contributed by atoms with Gasteiger partial charge in [0.15, 0.2) is 0 Å². The number of hydrogen-bond acceptors (Lipinski definition) is 3. The Balaban J connectivity index is 2.29. The first-order valence-electron chi connectivity index (χ1n) is 5.79. The number of nitrogens with one attached hydrogen (secondary N) is 2. The molecule has 0 radical (unpaired) electrons. The molecule has 2 rings (SSSR count). The van der Waals surface area contributed by atoms with Crippen LogP contribution in [0, 0.1) is 0 Å². The van der Waals surface area contributed by atoms with E-state index in [0.717, 1.165) is 0 Å². The number of rotatable bonds is 3. The molecule has 0 unspecified atom stereocenters. The summed E-state index contributed by atoms with van der Waals surface area (Å²) in [5.41, 5.74) is 3.23. The molecule has 0 aliphatic carbocycles. The smallest absolute Gasteiger partial charge is 0.267 e. The molecule has 102 valence electrons. The summed E-state index contributed by atoms with van der Waals surface area (Å²) >= 11 is 3.31. The van der Waals surface area contributed by atoms with Crippen molar-refractivity contribution in [3.63, 3.8) is 0 Å². The molecule has 2 aromatic carbocycles. The van der Waals surface area contributed by atoms with Crippen LogP contribution in [0.4, 0.5) is 5.69 Å². The first-order valence-corrected chi connectivity index (χ1v) is 6.58. The quantitative estimate of drug-likeness (QED) is 0.457. The molecule has 6 heteroatoms. The minimum atomic E-state index is -0.465. The molecule has 0 saturated heterocycles. The lowest BCUT2D eigenvalue weighted by Gasteiger charge is -2.10. The minimum absolute atomic E-state index is 0.301. The van der Waals surface area contributed by atoms with Gasteiger partial charge in [-0.25, -0.2) is 5.84 Å². The van der Waals surface area contributed by atoms with E-state index in [0.29, 0.717) is 21.3 Å². The standard InChI is InChI=1S/C14H12BrN3O2/c15-11-7-3-1-5-9(11)13(19)17-12-8-4-2-6-10(12)14(20)18-16/h1-8H,16H2,(H,17,19)(H,18,20). The van der Waals surface area contributed by atoms with Crippen LogP contribution in [0.2, 0.25) is 0 Å². The maximum atomic E-state index is 12.2. The molecule has 0 saturated carbocycles. The molecular weight excluding hydrogens is 322 g/mol. The van der Waals surface area contributed by atoms with Gasteiger partial charge in [0.1, 0.15) is 0 Å². The molecule has 2 aromatic rings. The number of anilines is 1. The number of amides is 2. The van der Waals surface area contributed by atoms with Crippen LogP contribution in [0.1, 0.15) is 20.7 Å². The summed E-state index contributed by atoms with van der Waals surface area (Å²) in [6.07, 6.45) is 0. The van der Waals surface area contributed by atoms with E-state index in [9.17, 15) is 9.59 Å². The number of hydrazine groups is 1. The maximum absolute atomic E-state index is 12.2. The number of benzene rings is 2. The van der Waals surface area contributed by atoms with Gasteiger partial charge in [0, 0.05) is 4.47 Å². The largest absolute Gasteiger partial charge is 0.321 e. The van der Waals surface area contributed by atoms with Crippen molar-refractivity contribution in [3.05, 3.63) is 64.1 Å². The van der Waals surface area contributed by atoms with E-state index in [2.05, 4.69) is 21.2 Å². The Kier molecular flexibility index (Phi) is 4.49. The van der Waals surface area contributed by atoms with E-state index >= 15 is 0 Å². The van der Waals surface area contributed by atoms with Gasteiger partial charge in [-0.3, -0.25) is 15.0 Å². The number of nitrogens with two attached hydrogens (primary N) is 1. The molecular formula is C14H12BrN3O2. The molecule has 0 heterocycles. The number of carbonyl (C=O) groups excluding carboxylic acids is 2. The predicted molar refractivity (Wildman–Crippen MR) is 80.2 cm³/mol. The second-order valence-corrected chi connectivity index (χ2v) is 4.81. The third kappa shape index (κ3) is 3.04. The van der Waals surface area contributed by atoms with Gasteiger partial charge in [-0.15, -0.1) is 0 Å². The van der Waals surface area contributed by atoms with E-state index in [1.165, 1.54) is 0 Å². The molecule has 2 amide bonds. The third-order valence-corrected chi connectivity index (χ3v) is 3.36. The van der Waals surface area contributed by atoms with Crippen LogP contribution >= 0.6 is 15.9 Å². The van der Waals surface area contributed by atoms with Crippen LogP contribution < -0.4 is 16.6 Å². The summed E-state index contributed by atoms with van der Waals surface area (Å²) < 4.78 is 0.679. The van der Waals surface area contributed by atoms with Crippen LogP contribution in [0.25, 0.3) is 0 Å². The van der Waals surface area contributed by atoms with Crippen LogP contribution in [0.3, 0.4) is 0 Å². The molecule has 0 aromatic heterocycles. The summed E-state index contributed by atoms with van der Waals surface area (Å²) in [6, 6.07) is 13.7. The van der Waals surface area contributed by atoms with Crippen molar-refractivity contribution in [2.45, 2.75) is 0 Å². The van der Waals surface area contributed by atoms with Crippen molar-refractivity contribution in [1.82, 2.24) is 5.43 Å². The van der Waals surface area contributed by atoms with Gasteiger partial charge in [-0.05, 0) is 40.2 Å². The number of carbonyl (C=O) groups is 2. The van der Waals surface area contributed by atoms with Crippen molar-refractivity contribution >= 4 is 33.4 Å². The average molecular weight is 334 g/mol. The van der Waals surface area contributed by atoms with Crippen molar-refractivity contribution < 1.29 is 9.59 Å². The maximum Gasteiger partial charge on any atom is 0.267 e. The van der Waals surface area contributed by atoms with Gasteiger partial charge >= 0.3 is 0 Å². The second-order valence-electron chi connectivity index (χ2n) is 3.95. The molecule has 0 aliphatic heterocycles. The van der Waals surface area contributed by atoms with Crippen molar-refractivity contribution in [2.24, 2.45) is 5.84 Å². The Hall–Kier alpha value is -2.18. The second kappa shape index (κ2) is 6.31. The highest BCUT2D eigenvalue weighted by atomic mass is 79.9.